The first kappa shape index (κ1) is 24.6. The second-order valence-corrected chi connectivity index (χ2v) is 10.9. The van der Waals surface area contributed by atoms with E-state index in [0.717, 1.165) is 16.5 Å². The molecule has 0 radical (unpaired) electrons. The fraction of sp³-hybridized carbons (Fsp3) is 0.200. The first-order valence-corrected chi connectivity index (χ1v) is 13.4. The van der Waals surface area contributed by atoms with Gasteiger partial charge in [0, 0.05) is 41.3 Å². The number of fused-ring (bicyclic) bond motifs is 5. The second kappa shape index (κ2) is 8.77. The van der Waals surface area contributed by atoms with Crippen LogP contribution in [0.2, 0.25) is 5.02 Å². The maximum atomic E-state index is 14.2. The van der Waals surface area contributed by atoms with Crippen LogP contribution in [0.5, 0.6) is 0 Å². The molecule has 10 heteroatoms. The van der Waals surface area contributed by atoms with Gasteiger partial charge in [0.1, 0.15) is 5.54 Å². The van der Waals surface area contributed by atoms with E-state index in [0.29, 0.717) is 34.1 Å². The van der Waals surface area contributed by atoms with Gasteiger partial charge in [-0.25, -0.2) is 4.90 Å². The molecule has 4 N–H and O–H groups in total. The molecule has 0 unspecified atom stereocenters. The van der Waals surface area contributed by atoms with E-state index < -0.39 is 35.2 Å². The monoisotopic (exact) mass is 553 g/mol. The van der Waals surface area contributed by atoms with Crippen molar-refractivity contribution in [2.75, 3.05) is 15.5 Å². The molecule has 3 aliphatic rings. The highest BCUT2D eigenvalue weighted by molar-refractivity contribution is 6.35. The lowest BCUT2D eigenvalue weighted by molar-refractivity contribution is -0.130. The van der Waals surface area contributed by atoms with E-state index in [1.54, 1.807) is 42.5 Å². The highest BCUT2D eigenvalue weighted by atomic mass is 35.5. The molecule has 200 valence electrons. The number of aromatic amines is 1. The first-order valence-electron chi connectivity index (χ1n) is 13.0. The Morgan fingerprint density at radius 3 is 2.55 bits per heavy atom. The minimum Gasteiger partial charge on any atom is -0.361 e. The van der Waals surface area contributed by atoms with Gasteiger partial charge < -0.3 is 15.6 Å². The molecular weight excluding hydrogens is 530 g/mol. The predicted molar refractivity (Wildman–Crippen MR) is 151 cm³/mol. The van der Waals surface area contributed by atoms with Gasteiger partial charge in [-0.3, -0.25) is 24.5 Å². The van der Waals surface area contributed by atoms with Crippen LogP contribution in [0.4, 0.5) is 17.1 Å². The van der Waals surface area contributed by atoms with Gasteiger partial charge in [-0.1, -0.05) is 41.9 Å². The van der Waals surface area contributed by atoms with Gasteiger partial charge in [0.2, 0.25) is 23.6 Å². The van der Waals surface area contributed by atoms with Gasteiger partial charge in [-0.2, -0.15) is 0 Å². The standard InChI is InChI=1S/C30H24ClN5O4/c1-15(37)33-17-9-11-18(12-10-17)36-27(38)24-23(13-16-14-32-22-8-3-2-5-19(16)22)35-30(25(24)28(36)39)20-6-4-7-21(31)26(20)34-29(30)40/h2-12,14,23-25,32,35H,13H2,1H3,(H,33,37)(H,34,40)/t23-,24+,25+,30-/m0/s1. The molecule has 2 fully saturated rings. The van der Waals surface area contributed by atoms with Gasteiger partial charge in [0.25, 0.3) is 0 Å². The number of aromatic nitrogens is 1. The van der Waals surface area contributed by atoms with Crippen molar-refractivity contribution < 1.29 is 19.2 Å². The van der Waals surface area contributed by atoms with Crippen molar-refractivity contribution in [2.24, 2.45) is 11.8 Å². The molecule has 2 saturated heterocycles. The average Bonchev–Trinajstić information content (AvgIpc) is 3.64. The Bertz CT molecular complexity index is 1750. The number of imide groups is 1. The highest BCUT2D eigenvalue weighted by Gasteiger charge is 2.70. The third-order valence-electron chi connectivity index (χ3n) is 8.26. The maximum Gasteiger partial charge on any atom is 0.250 e. The van der Waals surface area contributed by atoms with Crippen LogP contribution in [0.3, 0.4) is 0 Å². The largest absolute Gasteiger partial charge is 0.361 e. The van der Waals surface area contributed by atoms with Gasteiger partial charge in [-0.15, -0.1) is 0 Å². The molecular formula is C30H24ClN5O4. The summed E-state index contributed by atoms with van der Waals surface area (Å²) in [6.07, 6.45) is 2.33. The SMILES string of the molecule is CC(=O)Nc1ccc(N2C(=O)[C@@H]3[C@H](Cc4c[nH]c5ccccc45)N[C@]4(C(=O)Nc5c(Cl)cccc54)[C@H]3C2=O)cc1. The number of amides is 4. The Hall–Kier alpha value is -4.47. The number of benzene rings is 3. The van der Waals surface area contributed by atoms with E-state index in [1.165, 1.54) is 11.8 Å². The Morgan fingerprint density at radius 2 is 1.77 bits per heavy atom. The summed E-state index contributed by atoms with van der Waals surface area (Å²) >= 11 is 6.46. The number of H-pyrrole nitrogens is 1. The van der Waals surface area contributed by atoms with Crippen LogP contribution in [-0.4, -0.2) is 34.7 Å². The molecule has 4 heterocycles. The minimum atomic E-state index is -1.46. The number of hydrogen-bond donors (Lipinski definition) is 4. The van der Waals surface area contributed by atoms with E-state index in [4.69, 9.17) is 11.6 Å². The lowest BCUT2D eigenvalue weighted by Crippen LogP contribution is -2.53. The Morgan fingerprint density at radius 1 is 1.00 bits per heavy atom. The van der Waals surface area contributed by atoms with Crippen LogP contribution in [-0.2, 0) is 31.1 Å². The number of carbonyl (C=O) groups excluding carboxylic acids is 4. The van der Waals surface area contributed by atoms with E-state index >= 15 is 0 Å². The second-order valence-electron chi connectivity index (χ2n) is 10.5. The summed E-state index contributed by atoms with van der Waals surface area (Å²) in [5.41, 5.74) is 2.42. The fourth-order valence-corrected chi connectivity index (χ4v) is 6.88. The van der Waals surface area contributed by atoms with Crippen LogP contribution >= 0.6 is 11.6 Å². The van der Waals surface area contributed by atoms with Crippen molar-refractivity contribution in [3.05, 3.63) is 89.1 Å². The Labute approximate surface area is 233 Å². The molecule has 0 aliphatic carbocycles. The Kier molecular flexibility index (Phi) is 5.39. The van der Waals surface area contributed by atoms with Gasteiger partial charge >= 0.3 is 0 Å². The van der Waals surface area contributed by atoms with Crippen molar-refractivity contribution in [3.8, 4) is 0 Å². The molecule has 3 aromatic carbocycles. The summed E-state index contributed by atoms with van der Waals surface area (Å²) in [7, 11) is 0. The van der Waals surface area contributed by atoms with Crippen molar-refractivity contribution in [3.63, 3.8) is 0 Å². The van der Waals surface area contributed by atoms with E-state index in [9.17, 15) is 19.2 Å². The molecule has 4 atom stereocenters. The summed E-state index contributed by atoms with van der Waals surface area (Å²) in [4.78, 5) is 58.0. The molecule has 7 rings (SSSR count). The molecule has 40 heavy (non-hydrogen) atoms. The zero-order chi connectivity index (χ0) is 27.8. The predicted octanol–water partition coefficient (Wildman–Crippen LogP) is 3.95. The van der Waals surface area contributed by atoms with Crippen LogP contribution in [0.15, 0.2) is 72.9 Å². The molecule has 0 saturated carbocycles. The van der Waals surface area contributed by atoms with Crippen molar-refractivity contribution in [2.45, 2.75) is 24.9 Å². The van der Waals surface area contributed by atoms with Gasteiger partial charge in [0.05, 0.1) is 28.2 Å². The number of carbonyl (C=O) groups is 4. The quantitative estimate of drug-likeness (QED) is 0.285. The lowest BCUT2D eigenvalue weighted by Gasteiger charge is -2.29. The Balaban J connectivity index is 1.34. The van der Waals surface area contributed by atoms with Gasteiger partial charge in [0.15, 0.2) is 0 Å². The van der Waals surface area contributed by atoms with E-state index in [1.807, 2.05) is 30.5 Å². The van der Waals surface area contributed by atoms with Crippen molar-refractivity contribution in [1.82, 2.24) is 10.3 Å². The molecule has 0 bridgehead atoms. The number of anilines is 3. The number of hydrogen-bond acceptors (Lipinski definition) is 5. The topological polar surface area (TPSA) is 123 Å². The zero-order valence-corrected chi connectivity index (χ0v) is 22.1. The first-order chi connectivity index (χ1) is 19.3. The van der Waals surface area contributed by atoms with Gasteiger partial charge in [-0.05, 0) is 48.4 Å². The zero-order valence-electron chi connectivity index (χ0n) is 21.3. The molecule has 3 aliphatic heterocycles. The summed E-state index contributed by atoms with van der Waals surface area (Å²) in [6.45, 7) is 1.40. The van der Waals surface area contributed by atoms with Crippen LogP contribution in [0, 0.1) is 11.8 Å². The molecule has 1 aromatic heterocycles. The normalized spacial score (nSPS) is 25.0. The van der Waals surface area contributed by atoms with Crippen LogP contribution in [0.25, 0.3) is 10.9 Å². The number of nitrogens with zero attached hydrogens (tertiary/aromatic N) is 1. The number of nitrogens with one attached hydrogen (secondary N) is 4. The highest BCUT2D eigenvalue weighted by Crippen LogP contribution is 2.55. The molecule has 1 spiro atoms. The summed E-state index contributed by atoms with van der Waals surface area (Å²) < 4.78 is 0. The third kappa shape index (κ3) is 3.38. The summed E-state index contributed by atoms with van der Waals surface area (Å²) in [5.74, 6) is -3.25. The van der Waals surface area contributed by atoms with Crippen LogP contribution < -0.4 is 20.9 Å². The van der Waals surface area contributed by atoms with E-state index in [2.05, 4.69) is 20.9 Å². The van der Waals surface area contributed by atoms with Crippen molar-refractivity contribution in [1.29, 1.82) is 0 Å². The number of rotatable bonds is 4. The third-order valence-corrected chi connectivity index (χ3v) is 8.57. The van der Waals surface area contributed by atoms with Crippen LogP contribution in [0.1, 0.15) is 18.1 Å². The minimum absolute atomic E-state index is 0.228. The van der Waals surface area contributed by atoms with E-state index in [-0.39, 0.29) is 11.8 Å². The molecule has 9 nitrogen and oxygen atoms in total. The summed E-state index contributed by atoms with van der Waals surface area (Å²) in [5, 5.41) is 10.4. The average molecular weight is 554 g/mol. The summed E-state index contributed by atoms with van der Waals surface area (Å²) in [6, 6.07) is 19.1. The smallest absolute Gasteiger partial charge is 0.250 e. The molecule has 4 aromatic rings. The maximum absolute atomic E-state index is 14.2. The molecule has 4 amide bonds. The lowest BCUT2D eigenvalue weighted by atomic mass is 9.76. The number of halogens is 1. The van der Waals surface area contributed by atoms with Crippen molar-refractivity contribution >= 4 is 63.2 Å². The number of para-hydroxylation sites is 2. The fourth-order valence-electron chi connectivity index (χ4n) is 6.66.